The SMILES string of the molecule is NC(=O)CC1CCN(Cc2nc3ccccc3[nH]c2=O)CC1. The number of aromatic amines is 1. The zero-order chi connectivity index (χ0) is 15.5. The van der Waals surface area contributed by atoms with E-state index in [1.54, 1.807) is 0 Å². The number of nitrogens with one attached hydrogen (secondary N) is 1. The van der Waals surface area contributed by atoms with Crippen molar-refractivity contribution in [2.24, 2.45) is 11.7 Å². The first-order chi connectivity index (χ1) is 10.6. The second-order valence-corrected chi connectivity index (χ2v) is 5.92. The Bertz CT molecular complexity index is 732. The summed E-state index contributed by atoms with van der Waals surface area (Å²) >= 11 is 0. The van der Waals surface area contributed by atoms with E-state index >= 15 is 0 Å². The van der Waals surface area contributed by atoms with Gasteiger partial charge in [-0.3, -0.25) is 14.5 Å². The molecule has 6 heteroatoms. The minimum atomic E-state index is -0.230. The van der Waals surface area contributed by atoms with E-state index in [2.05, 4.69) is 14.9 Å². The minimum Gasteiger partial charge on any atom is -0.370 e. The Hall–Kier alpha value is -2.21. The molecule has 0 atom stereocenters. The number of amides is 1. The Morgan fingerprint density at radius 1 is 1.32 bits per heavy atom. The number of para-hydroxylation sites is 2. The first kappa shape index (κ1) is 14.7. The Balaban J connectivity index is 1.68. The molecule has 0 bridgehead atoms. The zero-order valence-electron chi connectivity index (χ0n) is 12.4. The van der Waals surface area contributed by atoms with E-state index in [0.717, 1.165) is 37.0 Å². The van der Waals surface area contributed by atoms with Crippen molar-refractivity contribution in [2.75, 3.05) is 13.1 Å². The lowest BCUT2D eigenvalue weighted by atomic mass is 9.93. The number of benzene rings is 1. The van der Waals surface area contributed by atoms with Crippen molar-refractivity contribution in [1.82, 2.24) is 14.9 Å². The molecular weight excluding hydrogens is 280 g/mol. The van der Waals surface area contributed by atoms with Crippen molar-refractivity contribution in [3.05, 3.63) is 40.3 Å². The highest BCUT2D eigenvalue weighted by atomic mass is 16.1. The van der Waals surface area contributed by atoms with Crippen LogP contribution >= 0.6 is 0 Å². The van der Waals surface area contributed by atoms with Gasteiger partial charge in [-0.25, -0.2) is 4.98 Å². The number of nitrogens with zero attached hydrogens (tertiary/aromatic N) is 2. The van der Waals surface area contributed by atoms with Crippen molar-refractivity contribution in [3.63, 3.8) is 0 Å². The van der Waals surface area contributed by atoms with E-state index in [1.165, 1.54) is 0 Å². The van der Waals surface area contributed by atoms with E-state index in [9.17, 15) is 9.59 Å². The number of H-pyrrole nitrogens is 1. The maximum Gasteiger partial charge on any atom is 0.271 e. The van der Waals surface area contributed by atoms with Crippen LogP contribution in [0.4, 0.5) is 0 Å². The molecule has 0 saturated carbocycles. The maximum absolute atomic E-state index is 12.1. The summed E-state index contributed by atoms with van der Waals surface area (Å²) in [5.74, 6) is 0.141. The number of likely N-dealkylation sites (tertiary alicyclic amines) is 1. The molecule has 2 aromatic rings. The molecular formula is C16H20N4O2. The standard InChI is InChI=1S/C16H20N4O2/c17-15(21)9-11-5-7-20(8-6-11)10-14-16(22)19-13-4-2-1-3-12(13)18-14/h1-4,11H,5-10H2,(H2,17,21)(H,19,22). The van der Waals surface area contributed by atoms with Crippen molar-refractivity contribution >= 4 is 16.9 Å². The summed E-state index contributed by atoms with van der Waals surface area (Å²) in [4.78, 5) is 32.6. The van der Waals surface area contributed by atoms with Crippen molar-refractivity contribution in [3.8, 4) is 0 Å². The van der Waals surface area contributed by atoms with Crippen LogP contribution in [0.5, 0.6) is 0 Å². The van der Waals surface area contributed by atoms with Gasteiger partial charge in [0.1, 0.15) is 5.69 Å². The molecule has 6 nitrogen and oxygen atoms in total. The molecule has 1 aliphatic rings. The fourth-order valence-corrected chi connectivity index (χ4v) is 3.02. The third kappa shape index (κ3) is 3.33. The molecule has 3 N–H and O–H groups in total. The summed E-state index contributed by atoms with van der Waals surface area (Å²) < 4.78 is 0. The first-order valence-corrected chi connectivity index (χ1v) is 7.60. The summed E-state index contributed by atoms with van der Waals surface area (Å²) in [6.45, 7) is 2.28. The normalized spacial score (nSPS) is 16.9. The van der Waals surface area contributed by atoms with Gasteiger partial charge >= 0.3 is 0 Å². The largest absolute Gasteiger partial charge is 0.370 e. The average Bonchev–Trinajstić information content (AvgIpc) is 2.49. The molecule has 2 heterocycles. The number of rotatable bonds is 4. The Morgan fingerprint density at radius 3 is 2.77 bits per heavy atom. The summed E-state index contributed by atoms with van der Waals surface area (Å²) in [6, 6.07) is 7.53. The summed E-state index contributed by atoms with van der Waals surface area (Å²) in [7, 11) is 0. The van der Waals surface area contributed by atoms with E-state index in [1.807, 2.05) is 24.3 Å². The van der Waals surface area contributed by atoms with Gasteiger partial charge in [-0.05, 0) is 44.0 Å². The predicted octanol–water partition coefficient (Wildman–Crippen LogP) is 1.01. The quantitative estimate of drug-likeness (QED) is 0.881. The molecule has 1 amide bonds. The number of carbonyl (C=O) groups is 1. The van der Waals surface area contributed by atoms with Crippen LogP contribution in [0.3, 0.4) is 0 Å². The second-order valence-electron chi connectivity index (χ2n) is 5.92. The van der Waals surface area contributed by atoms with Gasteiger partial charge in [0.05, 0.1) is 11.0 Å². The van der Waals surface area contributed by atoms with Gasteiger partial charge in [0.25, 0.3) is 5.56 Å². The Labute approximate surface area is 128 Å². The average molecular weight is 300 g/mol. The van der Waals surface area contributed by atoms with Crippen LogP contribution in [0.1, 0.15) is 25.0 Å². The maximum atomic E-state index is 12.1. The number of nitrogens with two attached hydrogens (primary N) is 1. The lowest BCUT2D eigenvalue weighted by Crippen LogP contribution is -2.36. The molecule has 1 saturated heterocycles. The van der Waals surface area contributed by atoms with Crippen molar-refractivity contribution < 1.29 is 4.79 Å². The third-order valence-electron chi connectivity index (χ3n) is 4.24. The fraction of sp³-hybridized carbons (Fsp3) is 0.438. The van der Waals surface area contributed by atoms with Crippen LogP contribution in [0, 0.1) is 5.92 Å². The molecule has 1 aromatic carbocycles. The van der Waals surface area contributed by atoms with Gasteiger partial charge < -0.3 is 10.7 Å². The number of piperidine rings is 1. The Morgan fingerprint density at radius 2 is 2.05 bits per heavy atom. The number of carbonyl (C=O) groups excluding carboxylic acids is 1. The minimum absolute atomic E-state index is 0.127. The van der Waals surface area contributed by atoms with Crippen LogP contribution in [0.25, 0.3) is 11.0 Å². The van der Waals surface area contributed by atoms with Gasteiger partial charge in [0.2, 0.25) is 5.91 Å². The van der Waals surface area contributed by atoms with Crippen LogP contribution in [0.2, 0.25) is 0 Å². The van der Waals surface area contributed by atoms with Gasteiger partial charge in [-0.2, -0.15) is 0 Å². The second kappa shape index (κ2) is 6.27. The highest BCUT2D eigenvalue weighted by Gasteiger charge is 2.21. The zero-order valence-corrected chi connectivity index (χ0v) is 12.4. The van der Waals surface area contributed by atoms with Crippen LogP contribution in [-0.2, 0) is 11.3 Å². The molecule has 0 unspecified atom stereocenters. The predicted molar refractivity (Wildman–Crippen MR) is 84.2 cm³/mol. The highest BCUT2D eigenvalue weighted by Crippen LogP contribution is 2.21. The van der Waals surface area contributed by atoms with Gasteiger partial charge in [0.15, 0.2) is 0 Å². The third-order valence-corrected chi connectivity index (χ3v) is 4.24. The van der Waals surface area contributed by atoms with Crippen molar-refractivity contribution in [1.29, 1.82) is 0 Å². The highest BCUT2D eigenvalue weighted by molar-refractivity contribution is 5.74. The van der Waals surface area contributed by atoms with Crippen LogP contribution < -0.4 is 11.3 Å². The van der Waals surface area contributed by atoms with E-state index in [-0.39, 0.29) is 11.5 Å². The summed E-state index contributed by atoms with van der Waals surface area (Å²) in [5.41, 5.74) is 7.23. The van der Waals surface area contributed by atoms with Crippen LogP contribution in [-0.4, -0.2) is 33.9 Å². The van der Waals surface area contributed by atoms with Crippen LogP contribution in [0.15, 0.2) is 29.1 Å². The molecule has 116 valence electrons. The molecule has 3 rings (SSSR count). The monoisotopic (exact) mass is 300 g/mol. The van der Waals surface area contributed by atoms with Gasteiger partial charge in [-0.1, -0.05) is 12.1 Å². The molecule has 0 aliphatic carbocycles. The fourth-order valence-electron chi connectivity index (χ4n) is 3.02. The number of hydrogen-bond acceptors (Lipinski definition) is 4. The number of aromatic nitrogens is 2. The van der Waals surface area contributed by atoms with Crippen molar-refractivity contribution in [2.45, 2.75) is 25.8 Å². The van der Waals surface area contributed by atoms with E-state index in [0.29, 0.717) is 24.6 Å². The molecule has 1 aromatic heterocycles. The number of hydrogen-bond donors (Lipinski definition) is 2. The molecule has 1 fully saturated rings. The number of fused-ring (bicyclic) bond motifs is 1. The molecule has 0 spiro atoms. The first-order valence-electron chi connectivity index (χ1n) is 7.60. The van der Waals surface area contributed by atoms with Gasteiger partial charge in [-0.15, -0.1) is 0 Å². The molecule has 1 aliphatic heterocycles. The number of primary amides is 1. The topological polar surface area (TPSA) is 92.1 Å². The molecule has 0 radical (unpaired) electrons. The van der Waals surface area contributed by atoms with Gasteiger partial charge in [0, 0.05) is 13.0 Å². The molecule has 22 heavy (non-hydrogen) atoms. The van der Waals surface area contributed by atoms with E-state index in [4.69, 9.17) is 5.73 Å². The van der Waals surface area contributed by atoms with E-state index < -0.39 is 0 Å². The lowest BCUT2D eigenvalue weighted by molar-refractivity contribution is -0.119. The lowest BCUT2D eigenvalue weighted by Gasteiger charge is -2.30. The smallest absolute Gasteiger partial charge is 0.271 e. The Kier molecular flexibility index (Phi) is 4.20. The summed E-state index contributed by atoms with van der Waals surface area (Å²) in [5, 5.41) is 0. The summed E-state index contributed by atoms with van der Waals surface area (Å²) in [6.07, 6.45) is 2.34.